The average Bonchev–Trinajstić information content (AvgIpc) is 3.08. The Bertz CT molecular complexity index is 954. The normalized spacial score (nSPS) is 23.7. The van der Waals surface area contributed by atoms with Crippen molar-refractivity contribution in [2.45, 2.75) is 38.0 Å². The third-order valence-corrected chi connectivity index (χ3v) is 7.58. The number of hydrogen-bond acceptors (Lipinski definition) is 5. The maximum absolute atomic E-state index is 12.8. The third-order valence-electron chi connectivity index (χ3n) is 5.86. The lowest BCUT2D eigenvalue weighted by atomic mass is 10.0. The fraction of sp³-hybridized carbons (Fsp3) is 0.435. The molecule has 6 nitrogen and oxygen atoms in total. The van der Waals surface area contributed by atoms with Crippen LogP contribution in [0.25, 0.3) is 0 Å². The maximum Gasteiger partial charge on any atom is 0.251 e. The second-order valence-corrected chi connectivity index (χ2v) is 10.3. The monoisotopic (exact) mass is 428 g/mol. The number of nitrogens with zero attached hydrogens (tertiary/aromatic N) is 1. The summed E-state index contributed by atoms with van der Waals surface area (Å²) in [7, 11) is -3.14. The Morgan fingerprint density at radius 1 is 0.967 bits per heavy atom. The van der Waals surface area contributed by atoms with E-state index >= 15 is 0 Å². The summed E-state index contributed by atoms with van der Waals surface area (Å²) < 4.78 is 30.3. The summed E-state index contributed by atoms with van der Waals surface area (Å²) in [6.07, 6.45) is 3.36. The van der Waals surface area contributed by atoms with E-state index < -0.39 is 9.84 Å². The number of carbonyl (C=O) groups is 1. The molecule has 0 saturated carbocycles. The number of likely N-dealkylation sites (tertiary alicyclic amines) is 1. The molecule has 2 aliphatic rings. The van der Waals surface area contributed by atoms with Crippen molar-refractivity contribution >= 4 is 15.7 Å². The van der Waals surface area contributed by atoms with Crippen LogP contribution in [0.4, 0.5) is 0 Å². The van der Waals surface area contributed by atoms with Gasteiger partial charge in [-0.25, -0.2) is 8.42 Å². The summed E-state index contributed by atoms with van der Waals surface area (Å²) >= 11 is 0. The van der Waals surface area contributed by atoms with E-state index in [1.165, 1.54) is 6.42 Å². The molecule has 0 bridgehead atoms. The van der Waals surface area contributed by atoms with Crippen LogP contribution >= 0.6 is 0 Å². The lowest BCUT2D eigenvalue weighted by Crippen LogP contribution is -2.52. The fourth-order valence-electron chi connectivity index (χ4n) is 4.27. The first-order chi connectivity index (χ1) is 14.5. The molecule has 2 unspecified atom stereocenters. The highest BCUT2D eigenvalue weighted by molar-refractivity contribution is 7.91. The summed E-state index contributed by atoms with van der Waals surface area (Å²) in [6.45, 7) is 2.27. The maximum atomic E-state index is 12.8. The minimum atomic E-state index is -3.14. The molecular formula is C23H28N2O4S. The van der Waals surface area contributed by atoms with Crippen molar-refractivity contribution in [1.29, 1.82) is 0 Å². The number of piperidine rings is 1. The van der Waals surface area contributed by atoms with Gasteiger partial charge in [-0.3, -0.25) is 9.69 Å². The van der Waals surface area contributed by atoms with Crippen molar-refractivity contribution in [2.75, 3.05) is 24.6 Å². The molecule has 1 amide bonds. The molecule has 2 saturated heterocycles. The number of hydrogen-bond donors (Lipinski definition) is 1. The van der Waals surface area contributed by atoms with Crippen molar-refractivity contribution in [2.24, 2.45) is 0 Å². The van der Waals surface area contributed by atoms with E-state index in [0.717, 1.165) is 31.5 Å². The molecule has 2 aromatic carbocycles. The van der Waals surface area contributed by atoms with Gasteiger partial charge in [-0.05, 0) is 55.8 Å². The number of sulfone groups is 1. The first kappa shape index (κ1) is 20.9. The summed E-state index contributed by atoms with van der Waals surface area (Å²) in [6, 6.07) is 16.4. The average molecular weight is 429 g/mol. The Labute approximate surface area is 178 Å². The van der Waals surface area contributed by atoms with E-state index in [1.54, 1.807) is 24.3 Å². The highest BCUT2D eigenvalue weighted by Gasteiger charge is 2.41. The van der Waals surface area contributed by atoms with Crippen molar-refractivity contribution in [3.63, 3.8) is 0 Å². The molecule has 0 aromatic heterocycles. The molecule has 0 radical (unpaired) electrons. The van der Waals surface area contributed by atoms with E-state index in [9.17, 15) is 13.2 Å². The van der Waals surface area contributed by atoms with Crippen LogP contribution in [0.3, 0.4) is 0 Å². The van der Waals surface area contributed by atoms with Gasteiger partial charge in [0.05, 0.1) is 17.5 Å². The summed E-state index contributed by atoms with van der Waals surface area (Å²) in [5.74, 6) is 0.585. The van der Waals surface area contributed by atoms with Gasteiger partial charge < -0.3 is 10.1 Å². The first-order valence-corrected chi connectivity index (χ1v) is 12.3. The van der Waals surface area contributed by atoms with Gasteiger partial charge in [0.15, 0.2) is 9.84 Å². The zero-order valence-electron chi connectivity index (χ0n) is 17.0. The Morgan fingerprint density at radius 2 is 1.67 bits per heavy atom. The van der Waals surface area contributed by atoms with Crippen LogP contribution in [0.1, 0.15) is 35.2 Å². The Kier molecular flexibility index (Phi) is 6.39. The van der Waals surface area contributed by atoms with Crippen molar-refractivity contribution in [3.05, 3.63) is 65.7 Å². The van der Waals surface area contributed by atoms with E-state index in [4.69, 9.17) is 4.74 Å². The molecule has 4 rings (SSSR count). The van der Waals surface area contributed by atoms with Crippen LogP contribution in [0.2, 0.25) is 0 Å². The van der Waals surface area contributed by atoms with Crippen molar-refractivity contribution in [3.8, 4) is 5.75 Å². The van der Waals surface area contributed by atoms with Crippen LogP contribution in [0.15, 0.2) is 54.6 Å². The Hall–Kier alpha value is -2.38. The number of amides is 1. The summed E-state index contributed by atoms with van der Waals surface area (Å²) in [5, 5.41) is 2.97. The van der Waals surface area contributed by atoms with Gasteiger partial charge in [0, 0.05) is 11.6 Å². The van der Waals surface area contributed by atoms with Gasteiger partial charge in [0.25, 0.3) is 5.91 Å². The standard InChI is InChI=1S/C23H28N2O4S/c26-23(19-9-11-20(12-10-19)29-15-18-7-3-1-4-8-18)24-21-16-30(27,28)17-22(21)25-13-5-2-6-14-25/h1,3-4,7-12,21-22H,2,5-6,13-17H2,(H,24,26). The number of carbonyl (C=O) groups excluding carboxylic acids is 1. The highest BCUT2D eigenvalue weighted by atomic mass is 32.2. The second-order valence-electron chi connectivity index (χ2n) is 8.12. The van der Waals surface area contributed by atoms with Gasteiger partial charge in [-0.2, -0.15) is 0 Å². The largest absolute Gasteiger partial charge is 0.489 e. The molecule has 2 aliphatic heterocycles. The third kappa shape index (κ3) is 5.21. The van der Waals surface area contributed by atoms with E-state index in [0.29, 0.717) is 17.9 Å². The molecule has 0 spiro atoms. The highest BCUT2D eigenvalue weighted by Crippen LogP contribution is 2.23. The van der Waals surface area contributed by atoms with Gasteiger partial charge in [0.1, 0.15) is 12.4 Å². The molecule has 2 aromatic rings. The van der Waals surface area contributed by atoms with Gasteiger partial charge >= 0.3 is 0 Å². The molecule has 7 heteroatoms. The molecule has 0 aliphatic carbocycles. The summed E-state index contributed by atoms with van der Waals surface area (Å²) in [4.78, 5) is 15.0. The zero-order valence-corrected chi connectivity index (χ0v) is 17.8. The van der Waals surface area contributed by atoms with Gasteiger partial charge in [-0.15, -0.1) is 0 Å². The van der Waals surface area contributed by atoms with Gasteiger partial charge in [0.2, 0.25) is 0 Å². The zero-order chi connectivity index (χ0) is 21.0. The van der Waals surface area contributed by atoms with E-state index in [-0.39, 0.29) is 29.5 Å². The lowest BCUT2D eigenvalue weighted by molar-refractivity contribution is 0.0900. The van der Waals surface area contributed by atoms with Crippen LogP contribution in [0.5, 0.6) is 5.75 Å². The quantitative estimate of drug-likeness (QED) is 0.766. The number of rotatable bonds is 6. The van der Waals surface area contributed by atoms with Crippen molar-refractivity contribution < 1.29 is 17.9 Å². The first-order valence-electron chi connectivity index (χ1n) is 10.5. The molecule has 30 heavy (non-hydrogen) atoms. The molecular weight excluding hydrogens is 400 g/mol. The molecule has 2 fully saturated rings. The molecule has 1 N–H and O–H groups in total. The van der Waals surface area contributed by atoms with E-state index in [2.05, 4.69) is 10.2 Å². The summed E-state index contributed by atoms with van der Waals surface area (Å²) in [5.41, 5.74) is 1.58. The molecule has 160 valence electrons. The Morgan fingerprint density at radius 3 is 2.37 bits per heavy atom. The second kappa shape index (κ2) is 9.18. The fourth-order valence-corrected chi connectivity index (χ4v) is 6.22. The topological polar surface area (TPSA) is 75.7 Å². The van der Waals surface area contributed by atoms with Gasteiger partial charge in [-0.1, -0.05) is 36.8 Å². The number of benzene rings is 2. The van der Waals surface area contributed by atoms with Crippen LogP contribution in [-0.2, 0) is 16.4 Å². The van der Waals surface area contributed by atoms with Crippen molar-refractivity contribution in [1.82, 2.24) is 10.2 Å². The Balaban J connectivity index is 1.37. The number of nitrogens with one attached hydrogen (secondary N) is 1. The van der Waals surface area contributed by atoms with Crippen LogP contribution in [-0.4, -0.2) is 55.9 Å². The number of ether oxygens (including phenoxy) is 1. The smallest absolute Gasteiger partial charge is 0.251 e. The van der Waals surface area contributed by atoms with Crippen LogP contribution < -0.4 is 10.1 Å². The van der Waals surface area contributed by atoms with E-state index in [1.807, 2.05) is 30.3 Å². The lowest BCUT2D eigenvalue weighted by Gasteiger charge is -2.35. The SMILES string of the molecule is O=C(NC1CS(=O)(=O)CC1N1CCCCC1)c1ccc(OCc2ccccc2)cc1. The molecule has 2 heterocycles. The minimum Gasteiger partial charge on any atom is -0.489 e. The van der Waals surface area contributed by atoms with Crippen LogP contribution in [0, 0.1) is 0 Å². The predicted octanol–water partition coefficient (Wildman–Crippen LogP) is 2.65. The predicted molar refractivity (Wildman–Crippen MR) is 116 cm³/mol. The minimum absolute atomic E-state index is 0.0121. The molecule has 2 atom stereocenters.